The molecule has 1 unspecified atom stereocenters. The van der Waals surface area contributed by atoms with Gasteiger partial charge in [-0.3, -0.25) is 4.79 Å². The van der Waals surface area contributed by atoms with E-state index in [0.29, 0.717) is 25.9 Å². The van der Waals surface area contributed by atoms with Gasteiger partial charge in [-0.15, -0.1) is 0 Å². The van der Waals surface area contributed by atoms with Gasteiger partial charge < -0.3 is 9.84 Å². The number of aliphatic hydroxyl groups excluding tert-OH is 1. The third kappa shape index (κ3) is 9.73. The Morgan fingerprint density at radius 2 is 2.00 bits per heavy atom. The summed E-state index contributed by atoms with van der Waals surface area (Å²) < 4.78 is 4.92. The maximum atomic E-state index is 11.1. The van der Waals surface area contributed by atoms with E-state index in [0.717, 1.165) is 6.42 Å². The second-order valence-corrected chi connectivity index (χ2v) is 5.18. The second kappa shape index (κ2) is 6.83. The van der Waals surface area contributed by atoms with Gasteiger partial charge in [0.1, 0.15) is 0 Å². The van der Waals surface area contributed by atoms with Crippen molar-refractivity contribution in [3.05, 3.63) is 0 Å². The molecule has 1 atom stereocenters. The fourth-order valence-corrected chi connectivity index (χ4v) is 1.38. The van der Waals surface area contributed by atoms with Crippen LogP contribution in [0.4, 0.5) is 0 Å². The Hall–Kier alpha value is -0.570. The van der Waals surface area contributed by atoms with E-state index in [2.05, 4.69) is 20.8 Å². The zero-order chi connectivity index (χ0) is 11.9. The van der Waals surface area contributed by atoms with E-state index in [1.165, 1.54) is 0 Å². The predicted molar refractivity (Wildman–Crippen MR) is 60.6 cm³/mol. The van der Waals surface area contributed by atoms with Gasteiger partial charge in [-0.05, 0) is 24.7 Å². The lowest BCUT2D eigenvalue weighted by Crippen LogP contribution is -2.19. The Morgan fingerprint density at radius 3 is 2.47 bits per heavy atom. The molecule has 0 aromatic heterocycles. The normalized spacial score (nSPS) is 13.7. The van der Waals surface area contributed by atoms with Crippen LogP contribution in [-0.2, 0) is 9.53 Å². The van der Waals surface area contributed by atoms with E-state index in [1.54, 1.807) is 0 Å². The molecule has 0 radical (unpaired) electrons. The third-order valence-corrected chi connectivity index (χ3v) is 2.00. The second-order valence-electron chi connectivity index (χ2n) is 5.18. The maximum Gasteiger partial charge on any atom is 0.305 e. The van der Waals surface area contributed by atoms with Crippen LogP contribution >= 0.6 is 0 Å². The highest BCUT2D eigenvalue weighted by Gasteiger charge is 2.17. The summed E-state index contributed by atoms with van der Waals surface area (Å²) in [5.41, 5.74) is 0.104. The smallest absolute Gasteiger partial charge is 0.305 e. The number of hydrogen-bond acceptors (Lipinski definition) is 3. The standard InChI is InChI=1S/C12H24O3/c1-5-8-15-11(14)7-6-10(13)9-12(2,3)4/h10,13H,5-9H2,1-4H3. The lowest BCUT2D eigenvalue weighted by Gasteiger charge is -2.21. The zero-order valence-electron chi connectivity index (χ0n) is 10.4. The minimum absolute atomic E-state index is 0.104. The first kappa shape index (κ1) is 14.4. The average molecular weight is 216 g/mol. The van der Waals surface area contributed by atoms with Gasteiger partial charge in [-0.2, -0.15) is 0 Å². The number of carbonyl (C=O) groups excluding carboxylic acids is 1. The number of aliphatic hydroxyl groups is 1. The molecule has 0 rings (SSSR count). The van der Waals surface area contributed by atoms with Crippen LogP contribution in [0.2, 0.25) is 0 Å². The van der Waals surface area contributed by atoms with Crippen LogP contribution in [0, 0.1) is 5.41 Å². The van der Waals surface area contributed by atoms with Crippen molar-refractivity contribution < 1.29 is 14.6 Å². The van der Waals surface area contributed by atoms with Crippen LogP contribution in [0.1, 0.15) is 53.4 Å². The molecule has 0 aliphatic heterocycles. The first-order valence-electron chi connectivity index (χ1n) is 5.69. The molecule has 0 aliphatic rings. The van der Waals surface area contributed by atoms with Crippen molar-refractivity contribution in [2.24, 2.45) is 5.41 Å². The van der Waals surface area contributed by atoms with Gasteiger partial charge >= 0.3 is 5.97 Å². The summed E-state index contributed by atoms with van der Waals surface area (Å²) >= 11 is 0. The van der Waals surface area contributed by atoms with Crippen molar-refractivity contribution in [3.8, 4) is 0 Å². The molecule has 0 saturated heterocycles. The van der Waals surface area contributed by atoms with Gasteiger partial charge in [0.15, 0.2) is 0 Å². The minimum atomic E-state index is -0.404. The minimum Gasteiger partial charge on any atom is -0.466 e. The summed E-state index contributed by atoms with van der Waals surface area (Å²) in [6.45, 7) is 8.67. The van der Waals surface area contributed by atoms with Gasteiger partial charge in [-0.25, -0.2) is 0 Å². The van der Waals surface area contributed by atoms with E-state index in [4.69, 9.17) is 4.74 Å². The van der Waals surface area contributed by atoms with Crippen LogP contribution in [-0.4, -0.2) is 23.8 Å². The Labute approximate surface area is 92.8 Å². The molecule has 0 saturated carbocycles. The topological polar surface area (TPSA) is 46.5 Å². The highest BCUT2D eigenvalue weighted by molar-refractivity contribution is 5.69. The lowest BCUT2D eigenvalue weighted by molar-refractivity contribution is -0.144. The number of esters is 1. The molecule has 0 fully saturated rings. The van der Waals surface area contributed by atoms with E-state index < -0.39 is 6.10 Å². The van der Waals surface area contributed by atoms with Gasteiger partial charge in [-0.1, -0.05) is 27.7 Å². The van der Waals surface area contributed by atoms with Crippen LogP contribution in [0.15, 0.2) is 0 Å². The fraction of sp³-hybridized carbons (Fsp3) is 0.917. The van der Waals surface area contributed by atoms with Crippen molar-refractivity contribution in [2.75, 3.05) is 6.61 Å². The van der Waals surface area contributed by atoms with Crippen molar-refractivity contribution >= 4 is 5.97 Å². The SMILES string of the molecule is CCCOC(=O)CCC(O)CC(C)(C)C. The first-order chi connectivity index (χ1) is 6.85. The lowest BCUT2D eigenvalue weighted by atomic mass is 9.88. The van der Waals surface area contributed by atoms with Crippen LogP contribution < -0.4 is 0 Å². The Morgan fingerprint density at radius 1 is 1.40 bits per heavy atom. The number of rotatable bonds is 6. The van der Waals surface area contributed by atoms with E-state index >= 15 is 0 Å². The highest BCUT2D eigenvalue weighted by Crippen LogP contribution is 2.22. The summed E-state index contributed by atoms with van der Waals surface area (Å²) in [5, 5.41) is 9.65. The molecule has 0 bridgehead atoms. The molecular formula is C12H24O3. The van der Waals surface area contributed by atoms with Gasteiger partial charge in [0.25, 0.3) is 0 Å². The Kier molecular flexibility index (Phi) is 6.57. The maximum absolute atomic E-state index is 11.1. The molecule has 0 aromatic carbocycles. The zero-order valence-corrected chi connectivity index (χ0v) is 10.4. The van der Waals surface area contributed by atoms with Crippen molar-refractivity contribution in [1.29, 1.82) is 0 Å². The quantitative estimate of drug-likeness (QED) is 0.694. The summed E-state index contributed by atoms with van der Waals surface area (Å²) in [5.74, 6) is -0.204. The predicted octanol–water partition coefficient (Wildman–Crippen LogP) is 2.52. The summed E-state index contributed by atoms with van der Waals surface area (Å²) in [6, 6.07) is 0. The van der Waals surface area contributed by atoms with Crippen molar-refractivity contribution in [2.45, 2.75) is 59.5 Å². The number of carbonyl (C=O) groups is 1. The molecule has 0 aromatic rings. The average Bonchev–Trinajstić information content (AvgIpc) is 2.08. The van der Waals surface area contributed by atoms with Gasteiger partial charge in [0.2, 0.25) is 0 Å². The third-order valence-electron chi connectivity index (χ3n) is 2.00. The van der Waals surface area contributed by atoms with Crippen molar-refractivity contribution in [3.63, 3.8) is 0 Å². The molecule has 90 valence electrons. The monoisotopic (exact) mass is 216 g/mol. The number of ether oxygens (including phenoxy) is 1. The molecule has 0 heterocycles. The van der Waals surface area contributed by atoms with Crippen LogP contribution in [0.5, 0.6) is 0 Å². The van der Waals surface area contributed by atoms with Crippen LogP contribution in [0.3, 0.4) is 0 Å². The highest BCUT2D eigenvalue weighted by atomic mass is 16.5. The number of hydrogen-bond donors (Lipinski definition) is 1. The molecule has 15 heavy (non-hydrogen) atoms. The molecular weight excluding hydrogens is 192 g/mol. The fourth-order valence-electron chi connectivity index (χ4n) is 1.38. The molecule has 3 nitrogen and oxygen atoms in total. The molecule has 3 heteroatoms. The summed E-state index contributed by atoms with van der Waals surface area (Å²) in [4.78, 5) is 11.1. The largest absolute Gasteiger partial charge is 0.466 e. The summed E-state index contributed by atoms with van der Waals surface area (Å²) in [6.07, 6.45) is 1.97. The molecule has 0 spiro atoms. The molecule has 1 N–H and O–H groups in total. The van der Waals surface area contributed by atoms with Crippen molar-refractivity contribution in [1.82, 2.24) is 0 Å². The first-order valence-corrected chi connectivity index (χ1v) is 5.69. The Balaban J connectivity index is 3.62. The van der Waals surface area contributed by atoms with E-state index in [1.807, 2.05) is 6.92 Å². The van der Waals surface area contributed by atoms with Gasteiger partial charge in [0.05, 0.1) is 12.7 Å². The van der Waals surface area contributed by atoms with Crippen LogP contribution in [0.25, 0.3) is 0 Å². The molecule has 0 amide bonds. The summed E-state index contributed by atoms with van der Waals surface area (Å²) in [7, 11) is 0. The van der Waals surface area contributed by atoms with Gasteiger partial charge in [0, 0.05) is 6.42 Å². The molecule has 0 aliphatic carbocycles. The Bertz CT molecular complexity index is 182. The van der Waals surface area contributed by atoms with E-state index in [-0.39, 0.29) is 11.4 Å². The van der Waals surface area contributed by atoms with E-state index in [9.17, 15) is 9.90 Å².